The summed E-state index contributed by atoms with van der Waals surface area (Å²) in [5.41, 5.74) is 3.70. The van der Waals surface area contributed by atoms with Crippen molar-refractivity contribution >= 4 is 5.82 Å². The minimum absolute atomic E-state index is 0.265. The number of halogens is 1. The first-order chi connectivity index (χ1) is 13.3. The van der Waals surface area contributed by atoms with E-state index in [1.54, 1.807) is 12.1 Å². The summed E-state index contributed by atoms with van der Waals surface area (Å²) in [6.07, 6.45) is 0. The van der Waals surface area contributed by atoms with E-state index < -0.39 is 0 Å². The van der Waals surface area contributed by atoms with E-state index in [0.717, 1.165) is 22.6 Å². The predicted molar refractivity (Wildman–Crippen MR) is 107 cm³/mol. The van der Waals surface area contributed by atoms with Gasteiger partial charge >= 0.3 is 0 Å². The second-order valence-electron chi connectivity index (χ2n) is 6.17. The highest BCUT2D eigenvalue weighted by atomic mass is 19.1. The molecule has 132 valence electrons. The lowest BCUT2D eigenvalue weighted by Crippen LogP contribution is -2.04. The molecule has 0 aliphatic heterocycles. The molecule has 3 nitrogen and oxygen atoms in total. The highest BCUT2D eigenvalue weighted by Gasteiger charge is 2.09. The third-order valence-electron chi connectivity index (χ3n) is 4.21. The van der Waals surface area contributed by atoms with Crippen molar-refractivity contribution in [2.75, 3.05) is 5.32 Å². The molecule has 0 spiro atoms. The Bertz CT molecular complexity index is 1020. The third kappa shape index (κ3) is 4.18. The number of aromatic nitrogens is 2. The smallest absolute Gasteiger partial charge is 0.162 e. The SMILES string of the molecule is Fc1ccc(-c2cc(NCc3ccccc3)nc(-c3ccccc3)n2)cc1. The zero-order chi connectivity index (χ0) is 18.5. The van der Waals surface area contributed by atoms with Crippen molar-refractivity contribution < 1.29 is 4.39 Å². The van der Waals surface area contributed by atoms with Crippen molar-refractivity contribution in [3.63, 3.8) is 0 Å². The van der Waals surface area contributed by atoms with Gasteiger partial charge in [-0.3, -0.25) is 0 Å². The van der Waals surface area contributed by atoms with Crippen LogP contribution in [0.2, 0.25) is 0 Å². The van der Waals surface area contributed by atoms with Gasteiger partial charge in [-0.15, -0.1) is 0 Å². The van der Waals surface area contributed by atoms with Crippen LogP contribution in [0.3, 0.4) is 0 Å². The molecular formula is C23H18FN3. The third-order valence-corrected chi connectivity index (χ3v) is 4.21. The number of nitrogens with one attached hydrogen (secondary N) is 1. The zero-order valence-electron chi connectivity index (χ0n) is 14.6. The standard InChI is InChI=1S/C23H18FN3/c24-20-13-11-18(12-14-20)21-15-22(25-16-17-7-3-1-4-8-17)27-23(26-21)19-9-5-2-6-10-19/h1-15H,16H2,(H,25,26,27). The number of anilines is 1. The van der Waals surface area contributed by atoms with E-state index in [4.69, 9.17) is 0 Å². The number of hydrogen-bond donors (Lipinski definition) is 1. The summed E-state index contributed by atoms with van der Waals surface area (Å²) >= 11 is 0. The molecule has 27 heavy (non-hydrogen) atoms. The summed E-state index contributed by atoms with van der Waals surface area (Å²) in [7, 11) is 0. The van der Waals surface area contributed by atoms with E-state index in [0.29, 0.717) is 12.4 Å². The van der Waals surface area contributed by atoms with Gasteiger partial charge in [0, 0.05) is 23.7 Å². The van der Waals surface area contributed by atoms with Gasteiger partial charge in [0.2, 0.25) is 0 Å². The van der Waals surface area contributed by atoms with Gasteiger partial charge in [0.25, 0.3) is 0 Å². The molecule has 0 saturated heterocycles. The minimum atomic E-state index is -0.265. The quantitative estimate of drug-likeness (QED) is 0.509. The molecule has 3 aromatic carbocycles. The lowest BCUT2D eigenvalue weighted by Gasteiger charge is -2.11. The van der Waals surface area contributed by atoms with Crippen LogP contribution < -0.4 is 5.32 Å². The van der Waals surface area contributed by atoms with E-state index in [2.05, 4.69) is 27.4 Å². The molecule has 0 saturated carbocycles. The van der Waals surface area contributed by atoms with Crippen LogP contribution >= 0.6 is 0 Å². The first-order valence-corrected chi connectivity index (χ1v) is 8.76. The Morgan fingerprint density at radius 3 is 2.07 bits per heavy atom. The maximum absolute atomic E-state index is 13.3. The van der Waals surface area contributed by atoms with Gasteiger partial charge in [-0.2, -0.15) is 0 Å². The molecule has 0 aliphatic rings. The summed E-state index contributed by atoms with van der Waals surface area (Å²) in [5.74, 6) is 1.10. The molecule has 0 unspecified atom stereocenters. The zero-order valence-corrected chi connectivity index (χ0v) is 14.6. The first kappa shape index (κ1) is 16.9. The van der Waals surface area contributed by atoms with Crippen LogP contribution in [0.1, 0.15) is 5.56 Å². The van der Waals surface area contributed by atoms with Crippen molar-refractivity contribution in [3.05, 3.63) is 102 Å². The number of benzene rings is 3. The summed E-state index contributed by atoms with van der Waals surface area (Å²) in [5, 5.41) is 3.37. The topological polar surface area (TPSA) is 37.8 Å². The van der Waals surface area contributed by atoms with Crippen molar-refractivity contribution in [1.29, 1.82) is 0 Å². The number of rotatable bonds is 5. The molecule has 0 amide bonds. The van der Waals surface area contributed by atoms with E-state index in [1.807, 2.05) is 54.6 Å². The van der Waals surface area contributed by atoms with Crippen molar-refractivity contribution in [1.82, 2.24) is 9.97 Å². The van der Waals surface area contributed by atoms with Crippen LogP contribution in [0, 0.1) is 5.82 Å². The lowest BCUT2D eigenvalue weighted by molar-refractivity contribution is 0.628. The summed E-state index contributed by atoms with van der Waals surface area (Å²) in [6.45, 7) is 0.662. The Morgan fingerprint density at radius 2 is 1.37 bits per heavy atom. The monoisotopic (exact) mass is 355 g/mol. The summed E-state index contributed by atoms with van der Waals surface area (Å²) in [6, 6.07) is 28.2. The van der Waals surface area contributed by atoms with Gasteiger partial charge in [-0.05, 0) is 29.8 Å². The molecule has 0 aliphatic carbocycles. The van der Waals surface area contributed by atoms with Crippen LogP contribution in [0.4, 0.5) is 10.2 Å². The molecule has 1 N–H and O–H groups in total. The second kappa shape index (κ2) is 7.79. The highest BCUT2D eigenvalue weighted by molar-refractivity contribution is 5.67. The highest BCUT2D eigenvalue weighted by Crippen LogP contribution is 2.25. The van der Waals surface area contributed by atoms with Crippen molar-refractivity contribution in [2.45, 2.75) is 6.54 Å². The summed E-state index contributed by atoms with van der Waals surface area (Å²) < 4.78 is 13.3. The predicted octanol–water partition coefficient (Wildman–Crippen LogP) is 5.56. The van der Waals surface area contributed by atoms with Gasteiger partial charge in [-0.25, -0.2) is 14.4 Å². The number of nitrogens with zero attached hydrogens (tertiary/aromatic N) is 2. The Hall–Kier alpha value is -3.53. The molecule has 0 atom stereocenters. The number of hydrogen-bond acceptors (Lipinski definition) is 3. The average Bonchev–Trinajstić information content (AvgIpc) is 2.74. The fraction of sp³-hybridized carbons (Fsp3) is 0.0435. The Balaban J connectivity index is 1.71. The van der Waals surface area contributed by atoms with Crippen LogP contribution in [0.25, 0.3) is 22.6 Å². The van der Waals surface area contributed by atoms with Gasteiger partial charge < -0.3 is 5.32 Å². The Kier molecular flexibility index (Phi) is 4.88. The molecule has 0 radical (unpaired) electrons. The van der Waals surface area contributed by atoms with Crippen molar-refractivity contribution in [2.24, 2.45) is 0 Å². The van der Waals surface area contributed by atoms with Crippen LogP contribution in [-0.2, 0) is 6.54 Å². The Labute approximate surface area is 157 Å². The van der Waals surface area contributed by atoms with Gasteiger partial charge in [0.05, 0.1) is 5.69 Å². The van der Waals surface area contributed by atoms with E-state index in [-0.39, 0.29) is 5.82 Å². The van der Waals surface area contributed by atoms with Crippen LogP contribution in [0.15, 0.2) is 91.0 Å². The lowest BCUT2D eigenvalue weighted by atomic mass is 10.1. The fourth-order valence-electron chi connectivity index (χ4n) is 2.81. The van der Waals surface area contributed by atoms with Gasteiger partial charge in [0.1, 0.15) is 11.6 Å². The van der Waals surface area contributed by atoms with E-state index in [1.165, 1.54) is 17.7 Å². The minimum Gasteiger partial charge on any atom is -0.366 e. The van der Waals surface area contributed by atoms with Gasteiger partial charge in [0.15, 0.2) is 5.82 Å². The van der Waals surface area contributed by atoms with Crippen LogP contribution in [-0.4, -0.2) is 9.97 Å². The summed E-state index contributed by atoms with van der Waals surface area (Å²) in [4.78, 5) is 9.35. The molecule has 1 aromatic heterocycles. The second-order valence-corrected chi connectivity index (χ2v) is 6.17. The molecule has 4 aromatic rings. The maximum atomic E-state index is 13.3. The van der Waals surface area contributed by atoms with Gasteiger partial charge in [-0.1, -0.05) is 60.7 Å². The molecule has 0 fully saturated rings. The maximum Gasteiger partial charge on any atom is 0.162 e. The average molecular weight is 355 g/mol. The molecule has 4 heteroatoms. The molecular weight excluding hydrogens is 337 g/mol. The molecule has 0 bridgehead atoms. The van der Waals surface area contributed by atoms with E-state index >= 15 is 0 Å². The first-order valence-electron chi connectivity index (χ1n) is 8.76. The largest absolute Gasteiger partial charge is 0.366 e. The van der Waals surface area contributed by atoms with E-state index in [9.17, 15) is 4.39 Å². The Morgan fingerprint density at radius 1 is 0.704 bits per heavy atom. The fourth-order valence-corrected chi connectivity index (χ4v) is 2.81. The van der Waals surface area contributed by atoms with Crippen molar-refractivity contribution in [3.8, 4) is 22.6 Å². The molecule has 4 rings (SSSR count). The van der Waals surface area contributed by atoms with Crippen LogP contribution in [0.5, 0.6) is 0 Å². The molecule has 1 heterocycles. The normalized spacial score (nSPS) is 10.6.